The molecule has 1 nitrogen and oxygen atoms in total. The Morgan fingerprint density at radius 1 is 2.00 bits per heavy atom. The van der Waals surface area contributed by atoms with Gasteiger partial charge in [0.2, 0.25) is 0 Å². The molecule has 0 aromatic rings. The summed E-state index contributed by atoms with van der Waals surface area (Å²) in [5.41, 5.74) is 0. The van der Waals surface area contributed by atoms with Gasteiger partial charge < -0.3 is 4.74 Å². The molecule has 0 aromatic heterocycles. The van der Waals surface area contributed by atoms with E-state index in [0.717, 1.165) is 10.5 Å². The molecule has 2 unspecified atom stereocenters. The van der Waals surface area contributed by atoms with Gasteiger partial charge in [-0.15, -0.1) is 0 Å². The first kappa shape index (κ1) is 5.82. The molecule has 2 atom stereocenters. The van der Waals surface area contributed by atoms with Crippen LogP contribution < -0.4 is 0 Å². The molecule has 0 aliphatic carbocycles. The molecule has 1 aliphatic heterocycles. The highest BCUT2D eigenvalue weighted by atomic mass is 127. The Labute approximate surface area is 57.6 Å². The van der Waals surface area contributed by atoms with Crippen molar-refractivity contribution in [3.63, 3.8) is 0 Å². The number of ether oxygens (including phenoxy) is 1. The standard InChI is InChI=1S/C5H9IO/c1-2-4(6)5-3-7-5/h4-5H,2-3H2,1H3. The van der Waals surface area contributed by atoms with Crippen LogP contribution in [0.1, 0.15) is 13.3 Å². The summed E-state index contributed by atoms with van der Waals surface area (Å²) < 4.78 is 5.82. The summed E-state index contributed by atoms with van der Waals surface area (Å²) in [6.07, 6.45) is 1.84. The minimum absolute atomic E-state index is 0.602. The van der Waals surface area contributed by atoms with E-state index in [1.807, 2.05) is 0 Å². The normalized spacial score (nSPS) is 32.6. The van der Waals surface area contributed by atoms with Crippen LogP contribution in [0.2, 0.25) is 0 Å². The first-order chi connectivity index (χ1) is 3.34. The van der Waals surface area contributed by atoms with Crippen molar-refractivity contribution in [1.29, 1.82) is 0 Å². The van der Waals surface area contributed by atoms with Crippen molar-refractivity contribution in [2.24, 2.45) is 0 Å². The first-order valence-corrected chi connectivity index (χ1v) is 3.85. The summed E-state index contributed by atoms with van der Waals surface area (Å²) in [4.78, 5) is 0. The molecule has 0 aromatic carbocycles. The van der Waals surface area contributed by atoms with Crippen LogP contribution in [-0.2, 0) is 4.74 Å². The van der Waals surface area contributed by atoms with E-state index in [1.165, 1.54) is 6.42 Å². The van der Waals surface area contributed by atoms with Crippen LogP contribution in [0.4, 0.5) is 0 Å². The summed E-state index contributed by atoms with van der Waals surface area (Å²) in [6, 6.07) is 0. The van der Waals surface area contributed by atoms with Crippen molar-refractivity contribution in [2.75, 3.05) is 6.61 Å². The summed E-state index contributed by atoms with van der Waals surface area (Å²) in [5.74, 6) is 0. The Bertz CT molecular complexity index is 61.1. The fourth-order valence-corrected chi connectivity index (χ4v) is 0.942. The van der Waals surface area contributed by atoms with E-state index in [4.69, 9.17) is 4.74 Å². The van der Waals surface area contributed by atoms with Gasteiger partial charge in [-0.3, -0.25) is 0 Å². The second-order valence-corrected chi connectivity index (χ2v) is 3.40. The monoisotopic (exact) mass is 212 g/mol. The lowest BCUT2D eigenvalue weighted by molar-refractivity contribution is 0.404. The van der Waals surface area contributed by atoms with Crippen molar-refractivity contribution >= 4 is 22.6 Å². The number of epoxide rings is 1. The molecule has 0 radical (unpaired) electrons. The molecule has 0 N–H and O–H groups in total. The van der Waals surface area contributed by atoms with E-state index >= 15 is 0 Å². The lowest BCUT2D eigenvalue weighted by Crippen LogP contribution is -2.02. The molecule has 0 saturated carbocycles. The number of rotatable bonds is 2. The van der Waals surface area contributed by atoms with E-state index in [-0.39, 0.29) is 0 Å². The highest BCUT2D eigenvalue weighted by Crippen LogP contribution is 2.22. The van der Waals surface area contributed by atoms with Gasteiger partial charge in [0.25, 0.3) is 0 Å². The Morgan fingerprint density at radius 3 is 2.71 bits per heavy atom. The third-order valence-electron chi connectivity index (χ3n) is 1.15. The van der Waals surface area contributed by atoms with Gasteiger partial charge in [0.15, 0.2) is 0 Å². The van der Waals surface area contributed by atoms with Gasteiger partial charge in [0, 0.05) is 3.92 Å². The van der Waals surface area contributed by atoms with E-state index < -0.39 is 0 Å². The maximum absolute atomic E-state index is 5.05. The molecule has 0 bridgehead atoms. The van der Waals surface area contributed by atoms with Crippen molar-refractivity contribution in [3.8, 4) is 0 Å². The molecule has 1 heterocycles. The highest BCUT2D eigenvalue weighted by Gasteiger charge is 2.28. The molecular weight excluding hydrogens is 203 g/mol. The summed E-state index contributed by atoms with van der Waals surface area (Å²) in [7, 11) is 0. The SMILES string of the molecule is CCC(I)C1CO1. The molecule has 0 amide bonds. The van der Waals surface area contributed by atoms with Gasteiger partial charge in [-0.1, -0.05) is 29.5 Å². The average molecular weight is 212 g/mol. The van der Waals surface area contributed by atoms with Crippen LogP contribution in [0.3, 0.4) is 0 Å². The number of hydrogen-bond acceptors (Lipinski definition) is 1. The molecular formula is C5H9IO. The third kappa shape index (κ3) is 1.57. The molecule has 7 heavy (non-hydrogen) atoms. The zero-order chi connectivity index (χ0) is 5.28. The second kappa shape index (κ2) is 2.31. The topological polar surface area (TPSA) is 12.5 Å². The Balaban J connectivity index is 2.10. The van der Waals surface area contributed by atoms with Crippen LogP contribution >= 0.6 is 22.6 Å². The predicted molar refractivity (Wildman–Crippen MR) is 37.8 cm³/mol. The van der Waals surface area contributed by atoms with Crippen LogP contribution in [0.5, 0.6) is 0 Å². The molecule has 1 rings (SSSR count). The van der Waals surface area contributed by atoms with Gasteiger partial charge >= 0.3 is 0 Å². The van der Waals surface area contributed by atoms with Crippen LogP contribution in [-0.4, -0.2) is 16.6 Å². The Kier molecular flexibility index (Phi) is 1.92. The minimum atomic E-state index is 0.602. The quantitative estimate of drug-likeness (QED) is 0.384. The maximum Gasteiger partial charge on any atom is 0.0927 e. The van der Waals surface area contributed by atoms with E-state index in [0.29, 0.717) is 6.10 Å². The largest absolute Gasteiger partial charge is 0.372 e. The number of alkyl halides is 1. The highest BCUT2D eigenvalue weighted by molar-refractivity contribution is 14.1. The van der Waals surface area contributed by atoms with Crippen LogP contribution in [0.25, 0.3) is 0 Å². The lowest BCUT2D eigenvalue weighted by Gasteiger charge is -1.96. The molecule has 1 fully saturated rings. The van der Waals surface area contributed by atoms with Gasteiger partial charge in [0.05, 0.1) is 12.7 Å². The Hall–Kier alpha value is 0.690. The fourth-order valence-electron chi connectivity index (χ4n) is 0.527. The smallest absolute Gasteiger partial charge is 0.0927 e. The van der Waals surface area contributed by atoms with E-state index in [1.54, 1.807) is 0 Å². The summed E-state index contributed by atoms with van der Waals surface area (Å²) in [6.45, 7) is 3.19. The molecule has 2 heteroatoms. The lowest BCUT2D eigenvalue weighted by atomic mass is 10.3. The zero-order valence-corrected chi connectivity index (χ0v) is 6.51. The zero-order valence-electron chi connectivity index (χ0n) is 4.36. The second-order valence-electron chi connectivity index (χ2n) is 1.80. The summed E-state index contributed by atoms with van der Waals surface area (Å²) >= 11 is 2.43. The van der Waals surface area contributed by atoms with Gasteiger partial charge in [0.1, 0.15) is 0 Å². The van der Waals surface area contributed by atoms with E-state index in [2.05, 4.69) is 29.5 Å². The third-order valence-corrected chi connectivity index (χ3v) is 2.84. The fraction of sp³-hybridized carbons (Fsp3) is 1.00. The first-order valence-electron chi connectivity index (χ1n) is 2.60. The van der Waals surface area contributed by atoms with Crippen LogP contribution in [0.15, 0.2) is 0 Å². The van der Waals surface area contributed by atoms with E-state index in [9.17, 15) is 0 Å². The van der Waals surface area contributed by atoms with Gasteiger partial charge in [-0.25, -0.2) is 0 Å². The Morgan fingerprint density at radius 2 is 2.57 bits per heavy atom. The average Bonchev–Trinajstić information content (AvgIpc) is 2.44. The molecule has 1 saturated heterocycles. The maximum atomic E-state index is 5.05. The minimum Gasteiger partial charge on any atom is -0.372 e. The molecule has 1 aliphatic rings. The van der Waals surface area contributed by atoms with Crippen molar-refractivity contribution in [1.82, 2.24) is 0 Å². The van der Waals surface area contributed by atoms with Crippen LogP contribution in [0, 0.1) is 0 Å². The number of halogens is 1. The van der Waals surface area contributed by atoms with Crippen molar-refractivity contribution < 1.29 is 4.74 Å². The van der Waals surface area contributed by atoms with Gasteiger partial charge in [-0.2, -0.15) is 0 Å². The van der Waals surface area contributed by atoms with Crippen molar-refractivity contribution in [2.45, 2.75) is 23.4 Å². The van der Waals surface area contributed by atoms with Gasteiger partial charge in [-0.05, 0) is 6.42 Å². The summed E-state index contributed by atoms with van der Waals surface area (Å²) in [5, 5.41) is 0. The van der Waals surface area contributed by atoms with Crippen molar-refractivity contribution in [3.05, 3.63) is 0 Å². The number of hydrogen-bond donors (Lipinski definition) is 0. The molecule has 0 spiro atoms. The molecule has 42 valence electrons. The predicted octanol–water partition coefficient (Wildman–Crippen LogP) is 1.60.